The highest BCUT2D eigenvalue weighted by Gasteiger charge is 1.99. The monoisotopic (exact) mass is 399 g/mol. The summed E-state index contributed by atoms with van der Waals surface area (Å²) in [6, 6.07) is 15.8. The van der Waals surface area contributed by atoms with Crippen LogP contribution in [0.4, 0.5) is 0 Å². The van der Waals surface area contributed by atoms with E-state index in [4.69, 9.17) is 12.2 Å². The van der Waals surface area contributed by atoms with Crippen LogP contribution in [0.15, 0.2) is 69.4 Å². The number of nitrogens with zero attached hydrogens (tertiary/aromatic N) is 2. The number of para-hydroxylation sites is 1. The van der Waals surface area contributed by atoms with E-state index in [1.807, 2.05) is 54.7 Å². The van der Waals surface area contributed by atoms with E-state index in [0.717, 1.165) is 26.5 Å². The van der Waals surface area contributed by atoms with Gasteiger partial charge in [0.1, 0.15) is 0 Å². The standard InChI is InChI=1S/C17H14BrN5S/c18-14-5-3-4-12(8-14)9-20-22-17(24)23-21-11-13-10-19-16-7-2-1-6-15(13)16/h1-11,19H,(H2,22,23,24)/b20-9+,21-11+. The molecule has 0 radical (unpaired) electrons. The molecule has 0 aliphatic rings. The third-order valence-electron chi connectivity index (χ3n) is 3.22. The average molecular weight is 400 g/mol. The molecule has 7 heteroatoms. The number of benzene rings is 2. The van der Waals surface area contributed by atoms with Crippen LogP contribution in [0, 0.1) is 0 Å². The van der Waals surface area contributed by atoms with Crippen LogP contribution in [0.2, 0.25) is 0 Å². The molecule has 3 rings (SSSR count). The van der Waals surface area contributed by atoms with Gasteiger partial charge in [-0.3, -0.25) is 10.9 Å². The molecule has 24 heavy (non-hydrogen) atoms. The molecule has 2 aromatic carbocycles. The molecule has 0 unspecified atom stereocenters. The maximum absolute atomic E-state index is 5.12. The van der Waals surface area contributed by atoms with Crippen molar-refractivity contribution in [2.24, 2.45) is 10.2 Å². The zero-order chi connectivity index (χ0) is 16.8. The van der Waals surface area contributed by atoms with Gasteiger partial charge in [-0.25, -0.2) is 0 Å². The number of nitrogens with one attached hydrogen (secondary N) is 3. The number of aromatic nitrogens is 1. The van der Waals surface area contributed by atoms with Crippen molar-refractivity contribution in [3.63, 3.8) is 0 Å². The Balaban J connectivity index is 1.54. The van der Waals surface area contributed by atoms with E-state index in [1.165, 1.54) is 0 Å². The van der Waals surface area contributed by atoms with Crippen LogP contribution in [0.1, 0.15) is 11.1 Å². The minimum atomic E-state index is 0.317. The Morgan fingerprint density at radius 1 is 1.04 bits per heavy atom. The Hall–Kier alpha value is -2.51. The Morgan fingerprint density at radius 3 is 2.67 bits per heavy atom. The van der Waals surface area contributed by atoms with Crippen LogP contribution in [0.25, 0.3) is 10.9 Å². The predicted octanol–water partition coefficient (Wildman–Crippen LogP) is 3.76. The maximum atomic E-state index is 5.12. The maximum Gasteiger partial charge on any atom is 0.207 e. The van der Waals surface area contributed by atoms with Gasteiger partial charge in [0.2, 0.25) is 5.11 Å². The van der Waals surface area contributed by atoms with Gasteiger partial charge in [0.05, 0.1) is 12.4 Å². The summed E-state index contributed by atoms with van der Waals surface area (Å²) in [5.74, 6) is 0. The van der Waals surface area contributed by atoms with Crippen LogP contribution in [0.5, 0.6) is 0 Å². The predicted molar refractivity (Wildman–Crippen MR) is 106 cm³/mol. The van der Waals surface area contributed by atoms with E-state index >= 15 is 0 Å². The minimum absolute atomic E-state index is 0.317. The summed E-state index contributed by atoms with van der Waals surface area (Å²) in [5.41, 5.74) is 8.47. The lowest BCUT2D eigenvalue weighted by molar-refractivity contribution is 0.935. The van der Waals surface area contributed by atoms with Crippen molar-refractivity contribution in [2.45, 2.75) is 0 Å². The van der Waals surface area contributed by atoms with Crippen molar-refractivity contribution in [2.75, 3.05) is 0 Å². The molecular weight excluding hydrogens is 386 g/mol. The molecule has 0 saturated heterocycles. The summed E-state index contributed by atoms with van der Waals surface area (Å²) < 4.78 is 0.996. The fourth-order valence-electron chi connectivity index (χ4n) is 2.14. The zero-order valence-electron chi connectivity index (χ0n) is 12.5. The van der Waals surface area contributed by atoms with Gasteiger partial charge in [-0.15, -0.1) is 0 Å². The fraction of sp³-hybridized carbons (Fsp3) is 0. The lowest BCUT2D eigenvalue weighted by Gasteiger charge is -2.00. The Bertz CT molecular complexity index is 916. The fourth-order valence-corrected chi connectivity index (χ4v) is 2.66. The second-order valence-electron chi connectivity index (χ2n) is 4.91. The van der Waals surface area contributed by atoms with Crippen LogP contribution < -0.4 is 10.9 Å². The molecule has 0 amide bonds. The molecule has 0 spiro atoms. The Morgan fingerprint density at radius 2 is 1.83 bits per heavy atom. The number of hydrogen-bond donors (Lipinski definition) is 3. The molecule has 1 aromatic heterocycles. The second kappa shape index (κ2) is 7.85. The van der Waals surface area contributed by atoms with Gasteiger partial charge in [0.25, 0.3) is 0 Å². The van der Waals surface area contributed by atoms with Gasteiger partial charge in [-0.05, 0) is 36.0 Å². The SMILES string of the molecule is S=C(N/N=C/c1cccc(Br)c1)N/N=C/c1c[nH]c2ccccc12. The lowest BCUT2D eigenvalue weighted by Crippen LogP contribution is -2.28. The molecule has 1 heterocycles. The van der Waals surface area contributed by atoms with Crippen LogP contribution in [-0.2, 0) is 0 Å². The highest BCUT2D eigenvalue weighted by atomic mass is 79.9. The normalized spacial score (nSPS) is 11.4. The molecule has 0 saturated carbocycles. The van der Waals surface area contributed by atoms with Crippen molar-refractivity contribution in [1.82, 2.24) is 15.8 Å². The first kappa shape index (κ1) is 16.4. The molecule has 120 valence electrons. The number of rotatable bonds is 4. The third-order valence-corrected chi connectivity index (χ3v) is 3.90. The second-order valence-corrected chi connectivity index (χ2v) is 6.24. The van der Waals surface area contributed by atoms with E-state index in [0.29, 0.717) is 5.11 Å². The Labute approximate surface area is 153 Å². The first-order chi connectivity index (χ1) is 11.7. The van der Waals surface area contributed by atoms with Crippen molar-refractivity contribution >= 4 is 56.6 Å². The van der Waals surface area contributed by atoms with Crippen molar-refractivity contribution in [1.29, 1.82) is 0 Å². The number of fused-ring (bicyclic) bond motifs is 1. The van der Waals surface area contributed by atoms with Gasteiger partial charge in [-0.2, -0.15) is 10.2 Å². The molecule has 0 aliphatic heterocycles. The highest BCUT2D eigenvalue weighted by molar-refractivity contribution is 9.10. The number of H-pyrrole nitrogens is 1. The first-order valence-corrected chi connectivity index (χ1v) is 8.36. The summed E-state index contributed by atoms with van der Waals surface area (Å²) in [7, 11) is 0. The molecule has 3 aromatic rings. The van der Waals surface area contributed by atoms with E-state index < -0.39 is 0 Å². The third kappa shape index (κ3) is 4.27. The van der Waals surface area contributed by atoms with Crippen molar-refractivity contribution in [3.8, 4) is 0 Å². The molecule has 0 bridgehead atoms. The van der Waals surface area contributed by atoms with Gasteiger partial charge < -0.3 is 4.98 Å². The number of hydrazone groups is 2. The number of hydrogen-bond acceptors (Lipinski definition) is 3. The van der Waals surface area contributed by atoms with Crippen molar-refractivity contribution in [3.05, 3.63) is 70.3 Å². The molecule has 5 nitrogen and oxygen atoms in total. The van der Waals surface area contributed by atoms with E-state index in [-0.39, 0.29) is 0 Å². The average Bonchev–Trinajstić information content (AvgIpc) is 2.98. The molecular formula is C17H14BrN5S. The van der Waals surface area contributed by atoms with Gasteiger partial charge >= 0.3 is 0 Å². The van der Waals surface area contributed by atoms with Crippen LogP contribution in [0.3, 0.4) is 0 Å². The number of aromatic amines is 1. The van der Waals surface area contributed by atoms with Crippen LogP contribution in [-0.4, -0.2) is 22.5 Å². The van der Waals surface area contributed by atoms with Crippen LogP contribution >= 0.6 is 28.1 Å². The topological polar surface area (TPSA) is 64.6 Å². The summed E-state index contributed by atoms with van der Waals surface area (Å²) in [5, 5.41) is 9.62. The summed E-state index contributed by atoms with van der Waals surface area (Å²) in [6.07, 6.45) is 5.30. The van der Waals surface area contributed by atoms with Gasteiger partial charge in [-0.1, -0.05) is 46.3 Å². The van der Waals surface area contributed by atoms with E-state index in [1.54, 1.807) is 12.4 Å². The highest BCUT2D eigenvalue weighted by Crippen LogP contribution is 2.15. The zero-order valence-corrected chi connectivity index (χ0v) is 14.9. The molecule has 0 fully saturated rings. The van der Waals surface area contributed by atoms with E-state index in [9.17, 15) is 0 Å². The smallest absolute Gasteiger partial charge is 0.207 e. The summed E-state index contributed by atoms with van der Waals surface area (Å²) >= 11 is 8.53. The number of halogens is 1. The van der Waals surface area contributed by atoms with Gasteiger partial charge in [0.15, 0.2) is 0 Å². The quantitative estimate of drug-likeness (QED) is 0.355. The Kier molecular flexibility index (Phi) is 5.35. The summed E-state index contributed by atoms with van der Waals surface area (Å²) in [6.45, 7) is 0. The van der Waals surface area contributed by atoms with E-state index in [2.05, 4.69) is 42.0 Å². The minimum Gasteiger partial charge on any atom is -0.361 e. The first-order valence-electron chi connectivity index (χ1n) is 7.16. The number of thiocarbonyl (C=S) groups is 1. The lowest BCUT2D eigenvalue weighted by atomic mass is 10.2. The summed E-state index contributed by atoms with van der Waals surface area (Å²) in [4.78, 5) is 3.19. The molecule has 0 atom stereocenters. The van der Waals surface area contributed by atoms with Gasteiger partial charge in [0, 0.05) is 27.1 Å². The largest absolute Gasteiger partial charge is 0.361 e. The van der Waals surface area contributed by atoms with Crippen molar-refractivity contribution < 1.29 is 0 Å². The molecule has 3 N–H and O–H groups in total. The molecule has 0 aliphatic carbocycles.